The minimum absolute atomic E-state index is 0.583. The first-order chi connectivity index (χ1) is 6.92. The van der Waals surface area contributed by atoms with Gasteiger partial charge in [0.15, 0.2) is 0 Å². The summed E-state index contributed by atoms with van der Waals surface area (Å²) in [5.74, 6) is 0.829. The highest BCUT2D eigenvalue weighted by molar-refractivity contribution is 5.53. The summed E-state index contributed by atoms with van der Waals surface area (Å²) >= 11 is 0. The van der Waals surface area contributed by atoms with Crippen molar-refractivity contribution in [2.24, 2.45) is 0 Å². The first kappa shape index (κ1) is 11.8. The lowest BCUT2D eigenvalue weighted by molar-refractivity contribution is 0.0886. The second kappa shape index (κ2) is 4.49. The fraction of sp³-hybridized carbons (Fsp3) is 0.545. The molecule has 0 aliphatic carbocycles. The lowest BCUT2D eigenvalue weighted by atomic mass is 10.1. The highest BCUT2D eigenvalue weighted by atomic mass is 16.3. The predicted molar refractivity (Wildman–Crippen MR) is 63.4 cm³/mol. The van der Waals surface area contributed by atoms with Crippen molar-refractivity contribution in [1.29, 1.82) is 0 Å². The van der Waals surface area contributed by atoms with E-state index in [4.69, 9.17) is 0 Å². The largest absolute Gasteiger partial charge is 0.389 e. The van der Waals surface area contributed by atoms with Gasteiger partial charge in [0.1, 0.15) is 5.82 Å². The zero-order valence-corrected chi connectivity index (χ0v) is 9.78. The average Bonchev–Trinajstić information content (AvgIpc) is 2.15. The molecule has 4 nitrogen and oxygen atoms in total. The van der Waals surface area contributed by atoms with Gasteiger partial charge in [-0.2, -0.15) is 0 Å². The van der Waals surface area contributed by atoms with E-state index in [-0.39, 0.29) is 0 Å². The predicted octanol–water partition coefficient (Wildman–Crippen LogP) is 1.33. The molecule has 0 atom stereocenters. The second-order valence-corrected chi connectivity index (χ2v) is 4.32. The maximum atomic E-state index is 9.70. The first-order valence-electron chi connectivity index (χ1n) is 5.00. The molecule has 15 heavy (non-hydrogen) atoms. The Bertz CT molecular complexity index is 320. The van der Waals surface area contributed by atoms with Gasteiger partial charge in [-0.05, 0) is 19.9 Å². The summed E-state index contributed by atoms with van der Waals surface area (Å²) in [4.78, 5) is 6.14. The number of hydrogen-bond acceptors (Lipinski definition) is 4. The Morgan fingerprint density at radius 2 is 2.20 bits per heavy atom. The molecule has 0 saturated carbocycles. The number of rotatable bonds is 4. The normalized spacial score (nSPS) is 11.3. The topological polar surface area (TPSA) is 48.4 Å². The van der Waals surface area contributed by atoms with E-state index in [1.165, 1.54) is 0 Å². The van der Waals surface area contributed by atoms with Crippen LogP contribution in [0.5, 0.6) is 0 Å². The number of nitrogens with zero attached hydrogens (tertiary/aromatic N) is 2. The van der Waals surface area contributed by atoms with E-state index >= 15 is 0 Å². The molecule has 0 aromatic carbocycles. The van der Waals surface area contributed by atoms with E-state index in [1.807, 2.05) is 31.1 Å². The minimum atomic E-state index is -0.697. The van der Waals surface area contributed by atoms with Crippen LogP contribution >= 0.6 is 0 Å². The SMILES string of the molecule is CNc1cc(N(C)CC(C)(C)O)ccn1. The molecule has 0 amide bonds. The van der Waals surface area contributed by atoms with Crippen molar-refractivity contribution in [2.45, 2.75) is 19.4 Å². The van der Waals surface area contributed by atoms with Gasteiger partial charge in [-0.25, -0.2) is 4.98 Å². The molecule has 0 aliphatic rings. The zero-order valence-electron chi connectivity index (χ0n) is 9.78. The van der Waals surface area contributed by atoms with Gasteiger partial charge >= 0.3 is 0 Å². The van der Waals surface area contributed by atoms with E-state index in [1.54, 1.807) is 20.0 Å². The Hall–Kier alpha value is -1.29. The Morgan fingerprint density at radius 3 is 2.73 bits per heavy atom. The smallest absolute Gasteiger partial charge is 0.127 e. The molecule has 1 aromatic rings. The fourth-order valence-corrected chi connectivity index (χ4v) is 1.47. The Morgan fingerprint density at radius 1 is 1.53 bits per heavy atom. The van der Waals surface area contributed by atoms with Crippen molar-refractivity contribution < 1.29 is 5.11 Å². The molecule has 0 aliphatic heterocycles. The number of pyridine rings is 1. The van der Waals surface area contributed by atoms with Gasteiger partial charge in [-0.3, -0.25) is 0 Å². The summed E-state index contributed by atoms with van der Waals surface area (Å²) < 4.78 is 0. The number of likely N-dealkylation sites (N-methyl/N-ethyl adjacent to an activating group) is 1. The van der Waals surface area contributed by atoms with Crippen LogP contribution in [-0.2, 0) is 0 Å². The van der Waals surface area contributed by atoms with Gasteiger partial charge < -0.3 is 15.3 Å². The number of anilines is 2. The number of aliphatic hydroxyl groups is 1. The van der Waals surface area contributed by atoms with Crippen molar-refractivity contribution in [3.63, 3.8) is 0 Å². The molecule has 0 radical (unpaired) electrons. The third-order valence-corrected chi connectivity index (χ3v) is 2.06. The molecule has 0 unspecified atom stereocenters. The van der Waals surface area contributed by atoms with Gasteiger partial charge in [-0.1, -0.05) is 0 Å². The van der Waals surface area contributed by atoms with Crippen LogP contribution in [-0.4, -0.2) is 36.3 Å². The third-order valence-electron chi connectivity index (χ3n) is 2.06. The standard InChI is InChI=1S/C11H19N3O/c1-11(2,15)8-14(4)9-5-6-13-10(7-9)12-3/h5-7,15H,8H2,1-4H3,(H,12,13). The quantitative estimate of drug-likeness (QED) is 0.785. The van der Waals surface area contributed by atoms with Crippen LogP contribution < -0.4 is 10.2 Å². The summed E-state index contributed by atoms with van der Waals surface area (Å²) in [5.41, 5.74) is 0.342. The van der Waals surface area contributed by atoms with Crippen LogP contribution in [0.4, 0.5) is 11.5 Å². The molecule has 1 heterocycles. The molecule has 1 rings (SSSR count). The average molecular weight is 209 g/mol. The lowest BCUT2D eigenvalue weighted by Crippen LogP contribution is -2.36. The minimum Gasteiger partial charge on any atom is -0.389 e. The molecule has 84 valence electrons. The highest BCUT2D eigenvalue weighted by Gasteiger charge is 2.15. The number of nitrogens with one attached hydrogen (secondary N) is 1. The monoisotopic (exact) mass is 209 g/mol. The zero-order chi connectivity index (χ0) is 11.5. The van der Waals surface area contributed by atoms with Crippen LogP contribution in [0.25, 0.3) is 0 Å². The van der Waals surface area contributed by atoms with E-state index in [9.17, 15) is 5.11 Å². The van der Waals surface area contributed by atoms with Crippen molar-refractivity contribution in [3.8, 4) is 0 Å². The number of hydrogen-bond donors (Lipinski definition) is 2. The van der Waals surface area contributed by atoms with Crippen LogP contribution in [0.15, 0.2) is 18.3 Å². The lowest BCUT2D eigenvalue weighted by Gasteiger charge is -2.27. The second-order valence-electron chi connectivity index (χ2n) is 4.32. The molecule has 0 spiro atoms. The van der Waals surface area contributed by atoms with E-state index in [0.717, 1.165) is 11.5 Å². The molecule has 4 heteroatoms. The Kier molecular flexibility index (Phi) is 3.52. The summed E-state index contributed by atoms with van der Waals surface area (Å²) in [6, 6.07) is 3.87. The summed E-state index contributed by atoms with van der Waals surface area (Å²) in [6.07, 6.45) is 1.75. The molecule has 1 aromatic heterocycles. The highest BCUT2D eigenvalue weighted by Crippen LogP contribution is 2.17. The summed E-state index contributed by atoms with van der Waals surface area (Å²) in [7, 11) is 3.79. The Balaban J connectivity index is 2.77. The van der Waals surface area contributed by atoms with Gasteiger partial charge in [0.2, 0.25) is 0 Å². The van der Waals surface area contributed by atoms with Crippen molar-refractivity contribution in [2.75, 3.05) is 30.9 Å². The van der Waals surface area contributed by atoms with E-state index < -0.39 is 5.60 Å². The molecule has 2 N–H and O–H groups in total. The van der Waals surface area contributed by atoms with Crippen molar-refractivity contribution in [3.05, 3.63) is 18.3 Å². The molecule has 0 saturated heterocycles. The Labute approximate surface area is 90.9 Å². The molecule has 0 fully saturated rings. The van der Waals surface area contributed by atoms with E-state index in [0.29, 0.717) is 6.54 Å². The van der Waals surface area contributed by atoms with E-state index in [2.05, 4.69) is 10.3 Å². The molecular weight excluding hydrogens is 190 g/mol. The van der Waals surface area contributed by atoms with Gasteiger partial charge in [0, 0.05) is 38.6 Å². The van der Waals surface area contributed by atoms with Crippen molar-refractivity contribution in [1.82, 2.24) is 4.98 Å². The maximum absolute atomic E-state index is 9.70. The molecular formula is C11H19N3O. The van der Waals surface area contributed by atoms with Gasteiger partial charge in [0.05, 0.1) is 5.60 Å². The summed E-state index contributed by atoms with van der Waals surface area (Å²) in [5, 5.41) is 12.7. The maximum Gasteiger partial charge on any atom is 0.127 e. The van der Waals surface area contributed by atoms with Crippen molar-refractivity contribution >= 4 is 11.5 Å². The van der Waals surface area contributed by atoms with Crippen LogP contribution in [0, 0.1) is 0 Å². The fourth-order valence-electron chi connectivity index (χ4n) is 1.47. The first-order valence-corrected chi connectivity index (χ1v) is 5.00. The third kappa shape index (κ3) is 3.75. The number of aromatic nitrogens is 1. The van der Waals surface area contributed by atoms with Crippen LogP contribution in [0.1, 0.15) is 13.8 Å². The van der Waals surface area contributed by atoms with Crippen LogP contribution in [0.3, 0.4) is 0 Å². The molecule has 0 bridgehead atoms. The van der Waals surface area contributed by atoms with Gasteiger partial charge in [0.25, 0.3) is 0 Å². The van der Waals surface area contributed by atoms with Crippen LogP contribution in [0.2, 0.25) is 0 Å². The van der Waals surface area contributed by atoms with Gasteiger partial charge in [-0.15, -0.1) is 0 Å². The summed E-state index contributed by atoms with van der Waals surface area (Å²) in [6.45, 7) is 4.17.